The van der Waals surface area contributed by atoms with E-state index in [0.29, 0.717) is 24.2 Å². The van der Waals surface area contributed by atoms with Gasteiger partial charge in [0, 0.05) is 24.7 Å². The van der Waals surface area contributed by atoms with Gasteiger partial charge in [-0.3, -0.25) is 15.0 Å². The van der Waals surface area contributed by atoms with Crippen molar-refractivity contribution in [1.82, 2.24) is 4.90 Å². The van der Waals surface area contributed by atoms with Gasteiger partial charge in [0.05, 0.1) is 4.92 Å². The summed E-state index contributed by atoms with van der Waals surface area (Å²) in [6.45, 7) is 4.67. The molecule has 1 aromatic carbocycles. The third-order valence-electron chi connectivity index (χ3n) is 4.27. The minimum Gasteiger partial charge on any atom is -0.477 e. The third kappa shape index (κ3) is 3.21. The molecule has 1 heterocycles. The lowest BCUT2D eigenvalue weighted by Crippen LogP contribution is -2.43. The first-order valence-corrected chi connectivity index (χ1v) is 7.17. The molecule has 21 heavy (non-hydrogen) atoms. The van der Waals surface area contributed by atoms with E-state index in [1.165, 1.54) is 12.5 Å². The summed E-state index contributed by atoms with van der Waals surface area (Å²) in [6.07, 6.45) is 3.31. The predicted molar refractivity (Wildman–Crippen MR) is 78.4 cm³/mol. The van der Waals surface area contributed by atoms with Crippen LogP contribution in [0.5, 0.6) is 0 Å². The largest absolute Gasteiger partial charge is 0.477 e. The molecule has 0 bridgehead atoms. The van der Waals surface area contributed by atoms with Crippen LogP contribution in [0.15, 0.2) is 18.2 Å². The van der Waals surface area contributed by atoms with E-state index in [4.69, 9.17) is 0 Å². The molecular formula is C15H20N2O4. The Morgan fingerprint density at radius 2 is 2.00 bits per heavy atom. The Kier molecular flexibility index (Phi) is 4.57. The van der Waals surface area contributed by atoms with E-state index in [2.05, 4.69) is 18.7 Å². The summed E-state index contributed by atoms with van der Waals surface area (Å²) in [5.41, 5.74) is -0.0120. The average molecular weight is 292 g/mol. The molecule has 2 rings (SSSR count). The van der Waals surface area contributed by atoms with Gasteiger partial charge in [-0.2, -0.15) is 0 Å². The van der Waals surface area contributed by atoms with Crippen molar-refractivity contribution in [2.45, 2.75) is 51.7 Å². The fourth-order valence-corrected chi connectivity index (χ4v) is 3.10. The SMILES string of the molecule is CC1CCCC(C)N1Cc1cccc([N+](=O)[O-])c1C(=O)O. The van der Waals surface area contributed by atoms with Crippen molar-refractivity contribution in [3.63, 3.8) is 0 Å². The maximum Gasteiger partial charge on any atom is 0.343 e. The van der Waals surface area contributed by atoms with Gasteiger partial charge in [-0.15, -0.1) is 0 Å². The number of nitro benzene ring substituents is 1. The molecule has 0 spiro atoms. The highest BCUT2D eigenvalue weighted by Crippen LogP contribution is 2.28. The van der Waals surface area contributed by atoms with E-state index in [1.807, 2.05) is 0 Å². The smallest absolute Gasteiger partial charge is 0.343 e. The van der Waals surface area contributed by atoms with E-state index in [1.54, 1.807) is 12.1 Å². The monoisotopic (exact) mass is 292 g/mol. The van der Waals surface area contributed by atoms with Gasteiger partial charge >= 0.3 is 5.97 Å². The zero-order valence-electron chi connectivity index (χ0n) is 12.3. The summed E-state index contributed by atoms with van der Waals surface area (Å²) in [5.74, 6) is -1.24. The maximum absolute atomic E-state index is 11.4. The van der Waals surface area contributed by atoms with Gasteiger partial charge in [-0.25, -0.2) is 4.79 Å². The standard InChI is InChI=1S/C15H20N2O4/c1-10-5-3-6-11(2)16(10)9-12-7-4-8-13(17(20)21)14(12)15(18)19/h4,7-8,10-11H,3,5-6,9H2,1-2H3,(H,18,19). The third-order valence-corrected chi connectivity index (χ3v) is 4.27. The fourth-order valence-electron chi connectivity index (χ4n) is 3.10. The van der Waals surface area contributed by atoms with E-state index >= 15 is 0 Å². The number of carboxylic acid groups (broad SMARTS) is 1. The summed E-state index contributed by atoms with van der Waals surface area (Å²) in [5, 5.41) is 20.4. The number of benzene rings is 1. The molecule has 114 valence electrons. The van der Waals surface area contributed by atoms with Crippen molar-refractivity contribution in [3.05, 3.63) is 39.4 Å². The number of carbonyl (C=O) groups is 1. The van der Waals surface area contributed by atoms with Crippen LogP contribution in [0.3, 0.4) is 0 Å². The van der Waals surface area contributed by atoms with E-state index in [0.717, 1.165) is 12.8 Å². The van der Waals surface area contributed by atoms with E-state index < -0.39 is 10.9 Å². The Morgan fingerprint density at radius 3 is 2.52 bits per heavy atom. The molecular weight excluding hydrogens is 272 g/mol. The number of nitrogens with zero attached hydrogens (tertiary/aromatic N) is 2. The fraction of sp³-hybridized carbons (Fsp3) is 0.533. The average Bonchev–Trinajstić information content (AvgIpc) is 2.42. The molecule has 0 aliphatic carbocycles. The molecule has 0 radical (unpaired) electrons. The minimum absolute atomic E-state index is 0.188. The molecule has 6 nitrogen and oxygen atoms in total. The second-order valence-electron chi connectivity index (χ2n) is 5.67. The van der Waals surface area contributed by atoms with Crippen molar-refractivity contribution in [3.8, 4) is 0 Å². The van der Waals surface area contributed by atoms with Crippen LogP contribution in [0.4, 0.5) is 5.69 Å². The molecule has 1 aliphatic rings. The molecule has 1 aliphatic heterocycles. The van der Waals surface area contributed by atoms with Crippen molar-refractivity contribution in [2.24, 2.45) is 0 Å². The second kappa shape index (κ2) is 6.22. The number of hydrogen-bond donors (Lipinski definition) is 1. The van der Waals surface area contributed by atoms with Crippen LogP contribution in [-0.4, -0.2) is 33.0 Å². The number of nitro groups is 1. The molecule has 0 saturated carbocycles. The first-order chi connectivity index (χ1) is 9.91. The van der Waals surface area contributed by atoms with Gasteiger partial charge in [0.1, 0.15) is 5.56 Å². The molecule has 1 fully saturated rings. The molecule has 6 heteroatoms. The highest BCUT2D eigenvalue weighted by atomic mass is 16.6. The van der Waals surface area contributed by atoms with E-state index in [-0.39, 0.29) is 11.3 Å². The number of piperidine rings is 1. The Morgan fingerprint density at radius 1 is 1.38 bits per heavy atom. The van der Waals surface area contributed by atoms with Crippen molar-refractivity contribution < 1.29 is 14.8 Å². The van der Waals surface area contributed by atoms with Gasteiger partial charge in [-0.05, 0) is 32.3 Å². The van der Waals surface area contributed by atoms with Crippen LogP contribution >= 0.6 is 0 Å². The zero-order valence-corrected chi connectivity index (χ0v) is 12.3. The topological polar surface area (TPSA) is 83.7 Å². The number of aromatic carboxylic acids is 1. The van der Waals surface area contributed by atoms with Crippen LogP contribution in [0.2, 0.25) is 0 Å². The number of carboxylic acids is 1. The van der Waals surface area contributed by atoms with Crippen LogP contribution in [-0.2, 0) is 6.54 Å². The predicted octanol–water partition coefficient (Wildman–Crippen LogP) is 3.06. The van der Waals surface area contributed by atoms with Gasteiger partial charge in [0.2, 0.25) is 0 Å². The van der Waals surface area contributed by atoms with Gasteiger partial charge < -0.3 is 5.11 Å². The van der Waals surface area contributed by atoms with E-state index in [9.17, 15) is 20.0 Å². The number of rotatable bonds is 4. The van der Waals surface area contributed by atoms with Crippen molar-refractivity contribution in [1.29, 1.82) is 0 Å². The van der Waals surface area contributed by atoms with Crippen molar-refractivity contribution in [2.75, 3.05) is 0 Å². The van der Waals surface area contributed by atoms with Crippen LogP contribution in [0.1, 0.15) is 49.0 Å². The quantitative estimate of drug-likeness (QED) is 0.681. The lowest BCUT2D eigenvalue weighted by Gasteiger charge is -2.39. The molecule has 1 aromatic rings. The van der Waals surface area contributed by atoms with Crippen molar-refractivity contribution >= 4 is 11.7 Å². The highest BCUT2D eigenvalue weighted by Gasteiger charge is 2.29. The first kappa shape index (κ1) is 15.4. The molecule has 1 N–H and O–H groups in total. The molecule has 0 aromatic heterocycles. The molecule has 2 unspecified atom stereocenters. The summed E-state index contributed by atoms with van der Waals surface area (Å²) in [7, 11) is 0. The van der Waals surface area contributed by atoms with Gasteiger partial charge in [0.25, 0.3) is 5.69 Å². The van der Waals surface area contributed by atoms with Crippen LogP contribution in [0, 0.1) is 10.1 Å². The lowest BCUT2D eigenvalue weighted by molar-refractivity contribution is -0.385. The highest BCUT2D eigenvalue weighted by molar-refractivity contribution is 5.94. The Balaban J connectivity index is 2.37. The first-order valence-electron chi connectivity index (χ1n) is 7.17. The van der Waals surface area contributed by atoms with Crippen LogP contribution in [0.25, 0.3) is 0 Å². The van der Waals surface area contributed by atoms with Gasteiger partial charge in [0.15, 0.2) is 0 Å². The Labute approximate surface area is 123 Å². The summed E-state index contributed by atoms with van der Waals surface area (Å²) < 4.78 is 0. The maximum atomic E-state index is 11.4. The second-order valence-corrected chi connectivity index (χ2v) is 5.67. The lowest BCUT2D eigenvalue weighted by atomic mass is 9.95. The Bertz CT molecular complexity index is 549. The summed E-state index contributed by atoms with van der Waals surface area (Å²) in [4.78, 5) is 24.1. The molecule has 2 atom stereocenters. The Hall–Kier alpha value is -1.95. The van der Waals surface area contributed by atoms with Crippen LogP contribution < -0.4 is 0 Å². The summed E-state index contributed by atoms with van der Waals surface area (Å²) in [6, 6.07) is 5.18. The van der Waals surface area contributed by atoms with Gasteiger partial charge in [-0.1, -0.05) is 18.6 Å². The zero-order chi connectivity index (χ0) is 15.6. The minimum atomic E-state index is -1.24. The number of likely N-dealkylation sites (tertiary alicyclic amines) is 1. The normalized spacial score (nSPS) is 23.0. The number of hydrogen-bond acceptors (Lipinski definition) is 4. The molecule has 1 saturated heterocycles. The summed E-state index contributed by atoms with van der Waals surface area (Å²) >= 11 is 0. The molecule has 0 amide bonds.